The van der Waals surface area contributed by atoms with Gasteiger partial charge < -0.3 is 20.7 Å². The van der Waals surface area contributed by atoms with E-state index in [1.54, 1.807) is 0 Å². The number of benzene rings is 1. The summed E-state index contributed by atoms with van der Waals surface area (Å²) in [7, 11) is 0. The molecule has 2 aromatic rings. The fourth-order valence-corrected chi connectivity index (χ4v) is 3.50. The highest BCUT2D eigenvalue weighted by Crippen LogP contribution is 2.19. The second kappa shape index (κ2) is 11.4. The van der Waals surface area contributed by atoms with Gasteiger partial charge in [0.25, 0.3) is 0 Å². The molecule has 0 radical (unpaired) electrons. The number of rotatable bonds is 12. The van der Waals surface area contributed by atoms with Gasteiger partial charge in [0.15, 0.2) is 0 Å². The van der Waals surface area contributed by atoms with Crippen molar-refractivity contribution in [2.24, 2.45) is 5.92 Å². The molecular weight excluding hydrogens is 382 g/mol. The quantitative estimate of drug-likeness (QED) is 0.398. The summed E-state index contributed by atoms with van der Waals surface area (Å²) in [5.41, 5.74) is 1.85. The molecule has 1 aromatic carbocycles. The lowest BCUT2D eigenvalue weighted by molar-refractivity contribution is -0.142. The number of carboxylic acid groups (broad SMARTS) is 1. The number of aromatic amines is 1. The molecular formula is C23H33N3O4. The Kier molecular flexibility index (Phi) is 8.89. The van der Waals surface area contributed by atoms with Crippen molar-refractivity contribution >= 4 is 28.7 Å². The van der Waals surface area contributed by atoms with Crippen LogP contribution in [0.25, 0.3) is 10.9 Å². The maximum absolute atomic E-state index is 13.0. The first-order valence-electron chi connectivity index (χ1n) is 10.7. The molecule has 1 heterocycles. The molecule has 0 bridgehead atoms. The number of aromatic nitrogens is 1. The van der Waals surface area contributed by atoms with Crippen LogP contribution >= 0.6 is 0 Å². The topological polar surface area (TPSA) is 111 Å². The molecule has 0 aliphatic rings. The van der Waals surface area contributed by atoms with E-state index in [1.165, 1.54) is 0 Å². The van der Waals surface area contributed by atoms with Crippen LogP contribution in [-0.4, -0.2) is 40.0 Å². The Labute approximate surface area is 177 Å². The van der Waals surface area contributed by atoms with E-state index < -0.39 is 24.0 Å². The monoisotopic (exact) mass is 415 g/mol. The van der Waals surface area contributed by atoms with Crippen LogP contribution in [0.5, 0.6) is 0 Å². The molecule has 30 heavy (non-hydrogen) atoms. The standard InChI is InChI=1S/C23H33N3O4/c1-4-5-6-11-21(27)25-19(22(28)26-20(23(29)30)12-15(2)3)13-16-14-24-18-10-8-7-9-17(16)18/h7-10,14-15,19-20,24H,4-6,11-13H2,1-3H3,(H,25,27)(H,26,28)(H,29,30)/t19-,20-/m0/s1. The highest BCUT2D eigenvalue weighted by molar-refractivity contribution is 5.91. The van der Waals surface area contributed by atoms with Gasteiger partial charge >= 0.3 is 5.97 Å². The van der Waals surface area contributed by atoms with Crippen molar-refractivity contribution in [3.63, 3.8) is 0 Å². The summed E-state index contributed by atoms with van der Waals surface area (Å²) in [5, 5.41) is 15.9. The molecule has 0 aliphatic heterocycles. The second-order valence-corrected chi connectivity index (χ2v) is 8.17. The van der Waals surface area contributed by atoms with Gasteiger partial charge in [-0.15, -0.1) is 0 Å². The number of aliphatic carboxylic acids is 1. The maximum atomic E-state index is 13.0. The van der Waals surface area contributed by atoms with E-state index in [2.05, 4.69) is 22.5 Å². The second-order valence-electron chi connectivity index (χ2n) is 8.17. The maximum Gasteiger partial charge on any atom is 0.326 e. The zero-order chi connectivity index (χ0) is 22.1. The fourth-order valence-electron chi connectivity index (χ4n) is 3.50. The van der Waals surface area contributed by atoms with E-state index in [-0.39, 0.29) is 18.2 Å². The Morgan fingerprint density at radius 1 is 1.07 bits per heavy atom. The highest BCUT2D eigenvalue weighted by atomic mass is 16.4. The SMILES string of the molecule is CCCCCC(=O)N[C@@H](Cc1c[nH]c2ccccc12)C(=O)N[C@@H](CC(C)C)C(=O)O. The van der Waals surface area contributed by atoms with E-state index in [0.717, 1.165) is 35.7 Å². The van der Waals surface area contributed by atoms with Crippen LogP contribution in [0.2, 0.25) is 0 Å². The average Bonchev–Trinajstić information content (AvgIpc) is 3.09. The van der Waals surface area contributed by atoms with Crippen molar-refractivity contribution in [2.45, 2.75) is 71.4 Å². The Morgan fingerprint density at radius 2 is 1.80 bits per heavy atom. The number of carbonyl (C=O) groups is 3. The lowest BCUT2D eigenvalue weighted by Crippen LogP contribution is -2.52. The van der Waals surface area contributed by atoms with Crippen LogP contribution in [0.4, 0.5) is 0 Å². The van der Waals surface area contributed by atoms with Crippen molar-refractivity contribution in [3.8, 4) is 0 Å². The van der Waals surface area contributed by atoms with Crippen molar-refractivity contribution in [1.29, 1.82) is 0 Å². The van der Waals surface area contributed by atoms with Crippen LogP contribution in [0.1, 0.15) is 58.4 Å². The van der Waals surface area contributed by atoms with E-state index in [9.17, 15) is 19.5 Å². The van der Waals surface area contributed by atoms with Crippen LogP contribution in [0, 0.1) is 5.92 Å². The number of fused-ring (bicyclic) bond motifs is 1. The molecule has 0 aliphatic carbocycles. The van der Waals surface area contributed by atoms with Gasteiger partial charge in [-0.2, -0.15) is 0 Å². The molecule has 0 saturated heterocycles. The van der Waals surface area contributed by atoms with Crippen molar-refractivity contribution in [3.05, 3.63) is 36.0 Å². The van der Waals surface area contributed by atoms with E-state index >= 15 is 0 Å². The Morgan fingerprint density at radius 3 is 2.47 bits per heavy atom. The number of amides is 2. The predicted molar refractivity (Wildman–Crippen MR) is 117 cm³/mol. The number of H-pyrrole nitrogens is 1. The van der Waals surface area contributed by atoms with Crippen LogP contribution in [0.15, 0.2) is 30.5 Å². The zero-order valence-electron chi connectivity index (χ0n) is 18.0. The molecule has 1 aromatic heterocycles. The molecule has 2 atom stereocenters. The minimum atomic E-state index is -1.07. The summed E-state index contributed by atoms with van der Waals surface area (Å²) in [6, 6.07) is 5.91. The number of para-hydroxylation sites is 1. The third-order valence-corrected chi connectivity index (χ3v) is 5.08. The van der Waals surface area contributed by atoms with Gasteiger partial charge in [-0.25, -0.2) is 4.79 Å². The largest absolute Gasteiger partial charge is 0.480 e. The first kappa shape index (κ1) is 23.4. The molecule has 2 amide bonds. The highest BCUT2D eigenvalue weighted by Gasteiger charge is 2.27. The summed E-state index contributed by atoms with van der Waals surface area (Å²) in [5.74, 6) is -1.63. The van der Waals surface area contributed by atoms with Crippen LogP contribution in [0.3, 0.4) is 0 Å². The van der Waals surface area contributed by atoms with Gasteiger partial charge in [0.2, 0.25) is 11.8 Å². The van der Waals surface area contributed by atoms with E-state index in [0.29, 0.717) is 12.8 Å². The number of nitrogens with one attached hydrogen (secondary N) is 3. The third-order valence-electron chi connectivity index (χ3n) is 5.08. The van der Waals surface area contributed by atoms with Gasteiger partial charge in [0.05, 0.1) is 0 Å². The van der Waals surface area contributed by atoms with Crippen molar-refractivity contribution in [1.82, 2.24) is 15.6 Å². The Bertz CT molecular complexity index is 859. The minimum Gasteiger partial charge on any atom is -0.480 e. The minimum absolute atomic E-state index is 0.113. The van der Waals surface area contributed by atoms with Gasteiger partial charge in [0, 0.05) is 29.9 Å². The summed E-state index contributed by atoms with van der Waals surface area (Å²) in [6.45, 7) is 5.87. The smallest absolute Gasteiger partial charge is 0.326 e. The third kappa shape index (κ3) is 6.90. The summed E-state index contributed by atoms with van der Waals surface area (Å²) < 4.78 is 0. The van der Waals surface area contributed by atoms with Gasteiger partial charge in [-0.1, -0.05) is 51.8 Å². The summed E-state index contributed by atoms with van der Waals surface area (Å²) in [4.78, 5) is 40.1. The Balaban J connectivity index is 2.18. The van der Waals surface area contributed by atoms with Gasteiger partial charge in [0.1, 0.15) is 12.1 Å². The first-order valence-corrected chi connectivity index (χ1v) is 10.7. The van der Waals surface area contributed by atoms with Crippen LogP contribution in [-0.2, 0) is 20.8 Å². The zero-order valence-corrected chi connectivity index (χ0v) is 18.0. The van der Waals surface area contributed by atoms with Crippen molar-refractivity contribution < 1.29 is 19.5 Å². The van der Waals surface area contributed by atoms with Gasteiger partial charge in [-0.05, 0) is 30.4 Å². The molecule has 4 N–H and O–H groups in total. The molecule has 0 fully saturated rings. The summed E-state index contributed by atoms with van der Waals surface area (Å²) in [6.07, 6.45) is 5.49. The van der Waals surface area contributed by atoms with E-state index in [1.807, 2.05) is 44.3 Å². The molecule has 2 rings (SSSR count). The number of hydrogen-bond donors (Lipinski definition) is 4. The fraction of sp³-hybridized carbons (Fsp3) is 0.522. The molecule has 7 heteroatoms. The molecule has 0 spiro atoms. The number of carbonyl (C=O) groups excluding carboxylic acids is 2. The molecule has 164 valence electrons. The first-order chi connectivity index (χ1) is 14.3. The van der Waals surface area contributed by atoms with E-state index in [4.69, 9.17) is 0 Å². The van der Waals surface area contributed by atoms with Gasteiger partial charge in [-0.3, -0.25) is 9.59 Å². The number of unbranched alkanes of at least 4 members (excludes halogenated alkanes) is 2. The molecule has 7 nitrogen and oxygen atoms in total. The Hall–Kier alpha value is -2.83. The lowest BCUT2D eigenvalue weighted by Gasteiger charge is -2.22. The number of hydrogen-bond acceptors (Lipinski definition) is 3. The predicted octanol–water partition coefficient (Wildman–Crippen LogP) is 3.39. The molecule has 0 unspecified atom stereocenters. The summed E-state index contributed by atoms with van der Waals surface area (Å²) >= 11 is 0. The molecule has 0 saturated carbocycles. The average molecular weight is 416 g/mol. The lowest BCUT2D eigenvalue weighted by atomic mass is 10.0. The normalized spacial score (nSPS) is 13.2. The van der Waals surface area contributed by atoms with Crippen molar-refractivity contribution in [2.75, 3.05) is 0 Å². The number of carboxylic acids is 1. The van der Waals surface area contributed by atoms with Crippen LogP contribution < -0.4 is 10.6 Å².